The number of rotatable bonds is 5. The number of aromatic nitrogens is 1. The first-order valence-electron chi connectivity index (χ1n) is 7.66. The van der Waals surface area contributed by atoms with Gasteiger partial charge in [0.25, 0.3) is 0 Å². The molecule has 0 atom stereocenters. The van der Waals surface area contributed by atoms with Crippen molar-refractivity contribution in [1.29, 1.82) is 0 Å². The summed E-state index contributed by atoms with van der Waals surface area (Å²) in [6, 6.07) is 23.9. The van der Waals surface area contributed by atoms with E-state index >= 15 is 0 Å². The van der Waals surface area contributed by atoms with Gasteiger partial charge in [-0.1, -0.05) is 36.4 Å². The van der Waals surface area contributed by atoms with Crippen LogP contribution in [0.4, 0.5) is 5.69 Å². The summed E-state index contributed by atoms with van der Waals surface area (Å²) >= 11 is 0. The zero-order chi connectivity index (χ0) is 16.1. The van der Waals surface area contributed by atoms with Crippen molar-refractivity contribution in [2.45, 2.75) is 19.4 Å². The Morgan fingerprint density at radius 3 is 2.17 bits per heavy atom. The summed E-state index contributed by atoms with van der Waals surface area (Å²) in [7, 11) is 0. The van der Waals surface area contributed by atoms with Crippen LogP contribution < -0.4 is 10.1 Å². The van der Waals surface area contributed by atoms with Crippen molar-refractivity contribution in [3.63, 3.8) is 0 Å². The van der Waals surface area contributed by atoms with Gasteiger partial charge < -0.3 is 10.1 Å². The topological polar surface area (TPSA) is 34.1 Å². The molecular weight excluding hydrogens is 284 g/mol. The van der Waals surface area contributed by atoms with Crippen LogP contribution in [0.15, 0.2) is 79.0 Å². The standard InChI is InChI=1S/C20H20N2O/c1-20(2,16-8-4-3-5-9-16)22-17-11-13-18(14-12-17)23-19-10-6-7-15-21-19/h3-15,22H,1-2H3. The fraction of sp³-hybridized carbons (Fsp3) is 0.150. The SMILES string of the molecule is CC(C)(Nc1ccc(Oc2ccccn2)cc1)c1ccccc1. The Kier molecular flexibility index (Phi) is 4.29. The lowest BCUT2D eigenvalue weighted by Gasteiger charge is -2.28. The summed E-state index contributed by atoms with van der Waals surface area (Å²) in [5.74, 6) is 1.37. The predicted octanol–water partition coefficient (Wildman–Crippen LogP) is 5.22. The predicted molar refractivity (Wildman–Crippen MR) is 93.8 cm³/mol. The first-order chi connectivity index (χ1) is 11.1. The maximum Gasteiger partial charge on any atom is 0.219 e. The highest BCUT2D eigenvalue weighted by atomic mass is 16.5. The minimum Gasteiger partial charge on any atom is -0.439 e. The molecule has 0 aliphatic carbocycles. The van der Waals surface area contributed by atoms with E-state index in [-0.39, 0.29) is 5.54 Å². The van der Waals surface area contributed by atoms with E-state index in [9.17, 15) is 0 Å². The molecule has 0 saturated heterocycles. The van der Waals surface area contributed by atoms with Gasteiger partial charge in [-0.2, -0.15) is 0 Å². The zero-order valence-corrected chi connectivity index (χ0v) is 13.4. The van der Waals surface area contributed by atoms with Crippen molar-refractivity contribution < 1.29 is 4.74 Å². The lowest BCUT2D eigenvalue weighted by atomic mass is 9.94. The number of pyridine rings is 1. The molecule has 1 heterocycles. The molecule has 0 unspecified atom stereocenters. The van der Waals surface area contributed by atoms with Crippen LogP contribution >= 0.6 is 0 Å². The largest absolute Gasteiger partial charge is 0.439 e. The first kappa shape index (κ1) is 15.1. The molecule has 0 bridgehead atoms. The second kappa shape index (κ2) is 6.53. The van der Waals surface area contributed by atoms with Crippen LogP contribution in [0.5, 0.6) is 11.6 Å². The van der Waals surface area contributed by atoms with Gasteiger partial charge in [-0.05, 0) is 49.7 Å². The number of anilines is 1. The smallest absolute Gasteiger partial charge is 0.219 e. The van der Waals surface area contributed by atoms with E-state index < -0.39 is 0 Å². The molecule has 0 spiro atoms. The average molecular weight is 304 g/mol. The zero-order valence-electron chi connectivity index (χ0n) is 13.4. The van der Waals surface area contributed by atoms with Gasteiger partial charge in [-0.3, -0.25) is 0 Å². The molecule has 3 nitrogen and oxygen atoms in total. The van der Waals surface area contributed by atoms with Gasteiger partial charge in [0, 0.05) is 18.0 Å². The van der Waals surface area contributed by atoms with Crippen molar-refractivity contribution in [3.05, 3.63) is 84.6 Å². The summed E-state index contributed by atoms with van der Waals surface area (Å²) in [5.41, 5.74) is 2.14. The summed E-state index contributed by atoms with van der Waals surface area (Å²) in [5, 5.41) is 3.55. The molecule has 2 aromatic carbocycles. The third-order valence-electron chi connectivity index (χ3n) is 3.67. The Morgan fingerprint density at radius 1 is 0.826 bits per heavy atom. The quantitative estimate of drug-likeness (QED) is 0.701. The number of nitrogens with one attached hydrogen (secondary N) is 1. The summed E-state index contributed by atoms with van der Waals surface area (Å²) < 4.78 is 5.71. The van der Waals surface area contributed by atoms with Crippen molar-refractivity contribution >= 4 is 5.69 Å². The third-order valence-corrected chi connectivity index (χ3v) is 3.67. The second-order valence-electron chi connectivity index (χ2n) is 5.91. The fourth-order valence-electron chi connectivity index (χ4n) is 2.42. The minimum atomic E-state index is -0.148. The lowest BCUT2D eigenvalue weighted by Crippen LogP contribution is -2.27. The summed E-state index contributed by atoms with van der Waals surface area (Å²) in [6.07, 6.45) is 1.72. The highest BCUT2D eigenvalue weighted by Crippen LogP contribution is 2.27. The average Bonchev–Trinajstić information content (AvgIpc) is 2.58. The van der Waals surface area contributed by atoms with Crippen LogP contribution in [0.25, 0.3) is 0 Å². The molecule has 0 aliphatic heterocycles. The molecule has 0 amide bonds. The second-order valence-corrected chi connectivity index (χ2v) is 5.91. The number of hydrogen-bond donors (Lipinski definition) is 1. The maximum absolute atomic E-state index is 5.71. The van der Waals surface area contributed by atoms with Crippen LogP contribution in [0.3, 0.4) is 0 Å². The van der Waals surface area contributed by atoms with Gasteiger partial charge in [0.1, 0.15) is 5.75 Å². The minimum absolute atomic E-state index is 0.148. The number of hydrogen-bond acceptors (Lipinski definition) is 3. The molecule has 1 N–H and O–H groups in total. The van der Waals surface area contributed by atoms with E-state index in [1.165, 1.54) is 5.56 Å². The molecule has 0 saturated carbocycles. The van der Waals surface area contributed by atoms with E-state index in [4.69, 9.17) is 4.74 Å². The van der Waals surface area contributed by atoms with E-state index in [1.54, 1.807) is 6.20 Å². The molecule has 0 fully saturated rings. The number of nitrogens with zero attached hydrogens (tertiary/aromatic N) is 1. The summed E-state index contributed by atoms with van der Waals surface area (Å²) in [4.78, 5) is 4.16. The lowest BCUT2D eigenvalue weighted by molar-refractivity contribution is 0.463. The van der Waals surface area contributed by atoms with Gasteiger partial charge in [0.2, 0.25) is 5.88 Å². The molecule has 0 radical (unpaired) electrons. The van der Waals surface area contributed by atoms with Crippen molar-refractivity contribution in [3.8, 4) is 11.6 Å². The van der Waals surface area contributed by atoms with E-state index in [0.29, 0.717) is 5.88 Å². The van der Waals surface area contributed by atoms with Crippen LogP contribution in [0.2, 0.25) is 0 Å². The van der Waals surface area contributed by atoms with Crippen LogP contribution in [0.1, 0.15) is 19.4 Å². The normalized spacial score (nSPS) is 11.0. The molecule has 1 aromatic heterocycles. The first-order valence-corrected chi connectivity index (χ1v) is 7.66. The van der Waals surface area contributed by atoms with Crippen molar-refractivity contribution in [1.82, 2.24) is 4.98 Å². The Labute approximate surface area is 137 Å². The van der Waals surface area contributed by atoms with Gasteiger partial charge in [-0.15, -0.1) is 0 Å². The molecular formula is C20H20N2O. The Balaban J connectivity index is 1.70. The molecule has 0 aliphatic rings. The molecule has 23 heavy (non-hydrogen) atoms. The number of benzene rings is 2. The molecule has 116 valence electrons. The van der Waals surface area contributed by atoms with Crippen LogP contribution in [0, 0.1) is 0 Å². The molecule has 3 aromatic rings. The Bertz CT molecular complexity index is 738. The van der Waals surface area contributed by atoms with Crippen molar-refractivity contribution in [2.75, 3.05) is 5.32 Å². The van der Waals surface area contributed by atoms with E-state index in [0.717, 1.165) is 11.4 Å². The van der Waals surface area contributed by atoms with Gasteiger partial charge in [-0.25, -0.2) is 4.98 Å². The highest BCUT2D eigenvalue weighted by Gasteiger charge is 2.19. The number of ether oxygens (including phenoxy) is 1. The highest BCUT2D eigenvalue weighted by molar-refractivity contribution is 5.50. The van der Waals surface area contributed by atoms with E-state index in [1.807, 2.05) is 48.5 Å². The molecule has 3 heteroatoms. The Hall–Kier alpha value is -2.81. The van der Waals surface area contributed by atoms with Crippen LogP contribution in [-0.2, 0) is 5.54 Å². The van der Waals surface area contributed by atoms with Crippen LogP contribution in [-0.4, -0.2) is 4.98 Å². The van der Waals surface area contributed by atoms with E-state index in [2.05, 4.69) is 48.4 Å². The third kappa shape index (κ3) is 3.89. The molecule has 3 rings (SSSR count). The van der Waals surface area contributed by atoms with Crippen molar-refractivity contribution in [2.24, 2.45) is 0 Å². The monoisotopic (exact) mass is 304 g/mol. The van der Waals surface area contributed by atoms with Gasteiger partial charge in [0.05, 0.1) is 5.54 Å². The van der Waals surface area contributed by atoms with Gasteiger partial charge in [0.15, 0.2) is 0 Å². The van der Waals surface area contributed by atoms with Gasteiger partial charge >= 0.3 is 0 Å². The fourth-order valence-corrected chi connectivity index (χ4v) is 2.42. The summed E-state index contributed by atoms with van der Waals surface area (Å²) in [6.45, 7) is 4.33. The maximum atomic E-state index is 5.71. The Morgan fingerprint density at radius 2 is 1.52 bits per heavy atom.